The number of hydrogen-bond acceptors (Lipinski definition) is 5. The predicted molar refractivity (Wildman–Crippen MR) is 91.3 cm³/mol. The molecule has 23 heavy (non-hydrogen) atoms. The van der Waals surface area contributed by atoms with Crippen molar-refractivity contribution in [1.82, 2.24) is 9.97 Å². The normalized spacial score (nSPS) is 10.6. The Morgan fingerprint density at radius 2 is 2.13 bits per heavy atom. The Bertz CT molecular complexity index is 743. The van der Waals surface area contributed by atoms with Gasteiger partial charge in [-0.25, -0.2) is 4.98 Å². The van der Waals surface area contributed by atoms with Gasteiger partial charge in [0.25, 0.3) is 5.56 Å². The van der Waals surface area contributed by atoms with E-state index in [2.05, 4.69) is 15.3 Å². The van der Waals surface area contributed by atoms with Crippen molar-refractivity contribution in [2.24, 2.45) is 0 Å². The summed E-state index contributed by atoms with van der Waals surface area (Å²) in [5, 5.41) is 3.22. The quantitative estimate of drug-likeness (QED) is 0.627. The average Bonchev–Trinajstić information content (AvgIpc) is 2.53. The number of thioether (sulfide) groups is 1. The summed E-state index contributed by atoms with van der Waals surface area (Å²) in [6, 6.07) is 8.66. The van der Waals surface area contributed by atoms with Gasteiger partial charge < -0.3 is 15.0 Å². The zero-order valence-corrected chi connectivity index (χ0v) is 14.1. The number of aromatic amines is 1. The molecule has 0 bridgehead atoms. The Morgan fingerprint density at radius 3 is 2.83 bits per heavy atom. The van der Waals surface area contributed by atoms with Gasteiger partial charge in [-0.1, -0.05) is 37.7 Å². The zero-order valence-electron chi connectivity index (χ0n) is 13.3. The van der Waals surface area contributed by atoms with Gasteiger partial charge in [0.15, 0.2) is 5.16 Å². The average molecular weight is 333 g/mol. The van der Waals surface area contributed by atoms with Gasteiger partial charge in [0, 0.05) is 6.07 Å². The lowest BCUT2D eigenvalue weighted by atomic mass is 10.1. The lowest BCUT2D eigenvalue weighted by molar-refractivity contribution is -0.113. The van der Waals surface area contributed by atoms with Gasteiger partial charge in [-0.3, -0.25) is 9.59 Å². The van der Waals surface area contributed by atoms with Crippen molar-refractivity contribution >= 4 is 23.4 Å². The lowest BCUT2D eigenvalue weighted by Crippen LogP contribution is -2.16. The topological polar surface area (TPSA) is 84.1 Å². The zero-order chi connectivity index (χ0) is 16.8. The van der Waals surface area contributed by atoms with E-state index in [9.17, 15) is 9.59 Å². The smallest absolute Gasteiger partial charge is 0.251 e. The summed E-state index contributed by atoms with van der Waals surface area (Å²) in [5.41, 5.74) is 1.11. The number of hydrogen-bond donors (Lipinski definition) is 2. The maximum absolute atomic E-state index is 12.1. The molecule has 2 rings (SSSR count). The van der Waals surface area contributed by atoms with Crippen molar-refractivity contribution in [1.29, 1.82) is 0 Å². The standard InChI is InChI=1S/C16H19N3O3S/c1-10(2)12-8-14(20)19-16(18-12)23-9-15(21)17-11-6-4-5-7-13(11)22-3/h4-8,10H,9H2,1-3H3,(H,17,21)(H,18,19,20). The Balaban J connectivity index is 2.01. The highest BCUT2D eigenvalue weighted by Gasteiger charge is 2.10. The summed E-state index contributed by atoms with van der Waals surface area (Å²) >= 11 is 1.19. The number of carbonyl (C=O) groups is 1. The van der Waals surface area contributed by atoms with E-state index in [-0.39, 0.29) is 23.1 Å². The largest absolute Gasteiger partial charge is 0.495 e. The maximum Gasteiger partial charge on any atom is 0.251 e. The van der Waals surface area contributed by atoms with Crippen molar-refractivity contribution in [2.45, 2.75) is 24.9 Å². The van der Waals surface area contributed by atoms with Crippen LogP contribution in [0.3, 0.4) is 0 Å². The number of amides is 1. The minimum Gasteiger partial charge on any atom is -0.495 e. The van der Waals surface area contributed by atoms with Crippen LogP contribution in [0, 0.1) is 0 Å². The fraction of sp³-hybridized carbons (Fsp3) is 0.312. The molecule has 6 nitrogen and oxygen atoms in total. The van der Waals surface area contributed by atoms with Crippen LogP contribution in [0.15, 0.2) is 40.3 Å². The molecule has 0 aliphatic carbocycles. The summed E-state index contributed by atoms with van der Waals surface area (Å²) in [4.78, 5) is 30.6. The van der Waals surface area contributed by atoms with E-state index in [1.54, 1.807) is 19.2 Å². The molecule has 2 aromatic rings. The molecule has 0 radical (unpaired) electrons. The van der Waals surface area contributed by atoms with E-state index in [1.807, 2.05) is 26.0 Å². The van der Waals surface area contributed by atoms with Crippen molar-refractivity contribution in [2.75, 3.05) is 18.2 Å². The second-order valence-electron chi connectivity index (χ2n) is 5.17. The summed E-state index contributed by atoms with van der Waals surface area (Å²) in [6.45, 7) is 3.93. The highest BCUT2D eigenvalue weighted by Crippen LogP contribution is 2.23. The number of benzene rings is 1. The first-order chi connectivity index (χ1) is 11.0. The molecule has 0 saturated heterocycles. The molecule has 0 atom stereocenters. The fourth-order valence-electron chi connectivity index (χ4n) is 1.89. The first-order valence-electron chi connectivity index (χ1n) is 7.16. The van der Waals surface area contributed by atoms with Crippen molar-refractivity contribution in [3.63, 3.8) is 0 Å². The van der Waals surface area contributed by atoms with Gasteiger partial charge in [0.05, 0.1) is 24.2 Å². The summed E-state index contributed by atoms with van der Waals surface area (Å²) in [7, 11) is 1.55. The van der Waals surface area contributed by atoms with Crippen LogP contribution in [0.25, 0.3) is 0 Å². The number of aromatic nitrogens is 2. The third kappa shape index (κ3) is 4.85. The van der Waals surface area contributed by atoms with Crippen LogP contribution in [0.2, 0.25) is 0 Å². The summed E-state index contributed by atoms with van der Waals surface area (Å²) in [5.74, 6) is 0.693. The highest BCUT2D eigenvalue weighted by molar-refractivity contribution is 7.99. The number of H-pyrrole nitrogens is 1. The van der Waals surface area contributed by atoms with E-state index in [0.29, 0.717) is 22.3 Å². The molecule has 1 aromatic heterocycles. The van der Waals surface area contributed by atoms with Crippen molar-refractivity contribution in [3.05, 3.63) is 46.4 Å². The summed E-state index contributed by atoms with van der Waals surface area (Å²) in [6.07, 6.45) is 0. The van der Waals surface area contributed by atoms with Crippen LogP contribution in [0.4, 0.5) is 5.69 Å². The van der Waals surface area contributed by atoms with Gasteiger partial charge >= 0.3 is 0 Å². The molecule has 1 heterocycles. The van der Waals surface area contributed by atoms with Crippen LogP contribution < -0.4 is 15.6 Å². The predicted octanol–water partition coefficient (Wildman–Crippen LogP) is 2.63. The van der Waals surface area contributed by atoms with E-state index in [4.69, 9.17) is 4.74 Å². The number of ether oxygens (including phenoxy) is 1. The molecule has 1 aromatic carbocycles. The van der Waals surface area contributed by atoms with Gasteiger partial charge in [0.1, 0.15) is 5.75 Å². The van der Waals surface area contributed by atoms with Gasteiger partial charge in [-0.15, -0.1) is 0 Å². The highest BCUT2D eigenvalue weighted by atomic mass is 32.2. The Morgan fingerprint density at radius 1 is 1.39 bits per heavy atom. The van der Waals surface area contributed by atoms with Crippen LogP contribution in [-0.2, 0) is 4.79 Å². The Hall–Kier alpha value is -2.28. The molecule has 1 amide bonds. The minimum atomic E-state index is -0.212. The molecule has 0 aliphatic rings. The molecule has 0 unspecified atom stereocenters. The second-order valence-corrected chi connectivity index (χ2v) is 6.13. The van der Waals surface area contributed by atoms with E-state index < -0.39 is 0 Å². The molecule has 0 saturated carbocycles. The molecule has 0 aliphatic heterocycles. The van der Waals surface area contributed by atoms with Gasteiger partial charge in [-0.05, 0) is 18.1 Å². The third-order valence-corrected chi connectivity index (χ3v) is 3.93. The lowest BCUT2D eigenvalue weighted by Gasteiger charge is -2.10. The van der Waals surface area contributed by atoms with Crippen LogP contribution in [0.1, 0.15) is 25.5 Å². The van der Waals surface area contributed by atoms with Gasteiger partial charge in [0.2, 0.25) is 5.91 Å². The molecule has 122 valence electrons. The molecule has 0 fully saturated rings. The molecule has 0 spiro atoms. The monoisotopic (exact) mass is 333 g/mol. The maximum atomic E-state index is 12.1. The van der Waals surface area contributed by atoms with E-state index in [1.165, 1.54) is 17.8 Å². The molecule has 2 N–H and O–H groups in total. The number of carbonyl (C=O) groups excluding carboxylic acids is 1. The number of rotatable bonds is 6. The van der Waals surface area contributed by atoms with E-state index in [0.717, 1.165) is 0 Å². The number of methoxy groups -OCH3 is 1. The van der Waals surface area contributed by atoms with Crippen LogP contribution in [0.5, 0.6) is 5.75 Å². The first kappa shape index (κ1) is 17.1. The van der Waals surface area contributed by atoms with Crippen molar-refractivity contribution in [3.8, 4) is 5.75 Å². The number of anilines is 1. The Labute approximate surface area is 138 Å². The minimum absolute atomic E-state index is 0.141. The van der Waals surface area contributed by atoms with E-state index >= 15 is 0 Å². The molecular weight excluding hydrogens is 314 g/mol. The number of para-hydroxylation sites is 2. The summed E-state index contributed by atoms with van der Waals surface area (Å²) < 4.78 is 5.19. The van der Waals surface area contributed by atoms with Crippen LogP contribution in [-0.4, -0.2) is 28.7 Å². The first-order valence-corrected chi connectivity index (χ1v) is 8.15. The molecule has 7 heteroatoms. The molecular formula is C16H19N3O3S. The van der Waals surface area contributed by atoms with Gasteiger partial charge in [-0.2, -0.15) is 0 Å². The Kier molecular flexibility index (Phi) is 5.81. The SMILES string of the molecule is COc1ccccc1NC(=O)CSc1nc(C(C)C)cc(=O)[nH]1. The number of nitrogens with one attached hydrogen (secondary N) is 2. The number of nitrogens with zero attached hydrogens (tertiary/aromatic N) is 1. The fourth-order valence-corrected chi connectivity index (χ4v) is 2.57. The van der Waals surface area contributed by atoms with Crippen molar-refractivity contribution < 1.29 is 9.53 Å². The third-order valence-electron chi connectivity index (χ3n) is 3.05. The van der Waals surface area contributed by atoms with Crippen LogP contribution >= 0.6 is 11.8 Å². The second kappa shape index (κ2) is 7.82.